The number of fused-ring (bicyclic) bond motifs is 1. The van der Waals surface area contributed by atoms with Gasteiger partial charge in [0.05, 0.1) is 12.8 Å². The zero-order valence-corrected chi connectivity index (χ0v) is 13.7. The summed E-state index contributed by atoms with van der Waals surface area (Å²) in [5.74, 6) is -0.233. The van der Waals surface area contributed by atoms with Gasteiger partial charge in [0.2, 0.25) is 5.91 Å². The van der Waals surface area contributed by atoms with E-state index in [1.807, 2.05) is 24.3 Å². The summed E-state index contributed by atoms with van der Waals surface area (Å²) in [4.78, 5) is 24.6. The highest BCUT2D eigenvalue weighted by atomic mass is 16.5. The fourth-order valence-electron chi connectivity index (χ4n) is 3.02. The first-order chi connectivity index (χ1) is 11.5. The molecule has 0 radical (unpaired) electrons. The molecule has 1 aromatic carbocycles. The van der Waals surface area contributed by atoms with E-state index in [2.05, 4.69) is 5.10 Å². The lowest BCUT2D eigenvalue weighted by atomic mass is 10.0. The Bertz CT molecular complexity index is 797. The van der Waals surface area contributed by atoms with Crippen LogP contribution in [0.1, 0.15) is 18.2 Å². The quantitative estimate of drug-likeness (QED) is 0.920. The summed E-state index contributed by atoms with van der Waals surface area (Å²) in [6.07, 6.45) is 0.596. The zero-order chi connectivity index (χ0) is 17.3. The van der Waals surface area contributed by atoms with E-state index in [0.29, 0.717) is 31.0 Å². The number of aromatic nitrogens is 2. The van der Waals surface area contributed by atoms with Gasteiger partial charge in [0.1, 0.15) is 12.3 Å². The molecule has 0 fully saturated rings. The first-order valence-electron chi connectivity index (χ1n) is 7.70. The Morgan fingerprint density at radius 1 is 1.38 bits per heavy atom. The number of carbonyl (C=O) groups is 2. The van der Waals surface area contributed by atoms with Crippen molar-refractivity contribution in [2.24, 2.45) is 0 Å². The molecule has 0 spiro atoms. The lowest BCUT2D eigenvalue weighted by Gasteiger charge is -2.26. The van der Waals surface area contributed by atoms with Gasteiger partial charge in [0.25, 0.3) is 0 Å². The van der Waals surface area contributed by atoms with Crippen molar-refractivity contribution in [3.8, 4) is 17.0 Å². The SMILES string of the molecule is COc1cccc(-c2nn(CC(=O)O)c3c2CN(C(C)=O)CC3)c1. The van der Waals surface area contributed by atoms with Crippen molar-refractivity contribution in [3.05, 3.63) is 35.5 Å². The van der Waals surface area contributed by atoms with Crippen molar-refractivity contribution in [2.45, 2.75) is 26.4 Å². The van der Waals surface area contributed by atoms with E-state index in [9.17, 15) is 9.59 Å². The van der Waals surface area contributed by atoms with E-state index in [1.165, 1.54) is 11.6 Å². The first kappa shape index (κ1) is 16.0. The van der Waals surface area contributed by atoms with Gasteiger partial charge in [-0.05, 0) is 12.1 Å². The van der Waals surface area contributed by atoms with Crippen LogP contribution in [0.2, 0.25) is 0 Å². The number of rotatable bonds is 4. The number of amides is 1. The van der Waals surface area contributed by atoms with Crippen LogP contribution in [0.3, 0.4) is 0 Å². The maximum Gasteiger partial charge on any atom is 0.325 e. The number of carbonyl (C=O) groups excluding carboxylic acids is 1. The van der Waals surface area contributed by atoms with Gasteiger partial charge >= 0.3 is 5.97 Å². The summed E-state index contributed by atoms with van der Waals surface area (Å²) in [7, 11) is 1.59. The molecule has 1 aliphatic rings. The van der Waals surface area contributed by atoms with Crippen LogP contribution in [0, 0.1) is 0 Å². The zero-order valence-electron chi connectivity index (χ0n) is 13.7. The van der Waals surface area contributed by atoms with Gasteiger partial charge in [-0.2, -0.15) is 5.10 Å². The number of hydrogen-bond acceptors (Lipinski definition) is 4. The van der Waals surface area contributed by atoms with E-state index in [-0.39, 0.29) is 12.5 Å². The average molecular weight is 329 g/mol. The number of ether oxygens (including phenoxy) is 1. The minimum absolute atomic E-state index is 0.00299. The standard InChI is InChI=1S/C17H19N3O4/c1-11(21)19-7-6-15-14(9-19)17(18-20(15)10-16(22)23)12-4-3-5-13(8-12)24-2/h3-5,8H,6-7,9-10H2,1-2H3,(H,22,23). The Balaban J connectivity index is 2.09. The van der Waals surface area contributed by atoms with Crippen LogP contribution < -0.4 is 4.74 Å². The van der Waals surface area contributed by atoms with Crippen LogP contribution in [0.4, 0.5) is 0 Å². The topological polar surface area (TPSA) is 84.7 Å². The molecule has 3 rings (SSSR count). The second-order valence-corrected chi connectivity index (χ2v) is 5.75. The number of methoxy groups -OCH3 is 1. The number of nitrogens with zero attached hydrogens (tertiary/aromatic N) is 3. The predicted molar refractivity (Wildman–Crippen MR) is 86.6 cm³/mol. The van der Waals surface area contributed by atoms with Crippen molar-refractivity contribution in [2.75, 3.05) is 13.7 Å². The van der Waals surface area contributed by atoms with Gasteiger partial charge in [-0.15, -0.1) is 0 Å². The van der Waals surface area contributed by atoms with Crippen LogP contribution in [-0.4, -0.2) is 45.3 Å². The van der Waals surface area contributed by atoms with E-state index >= 15 is 0 Å². The van der Waals surface area contributed by atoms with Crippen molar-refractivity contribution < 1.29 is 19.4 Å². The molecule has 24 heavy (non-hydrogen) atoms. The molecule has 126 valence electrons. The highest BCUT2D eigenvalue weighted by molar-refractivity contribution is 5.75. The molecule has 1 aliphatic heterocycles. The summed E-state index contributed by atoms with van der Waals surface area (Å²) in [6, 6.07) is 7.47. The van der Waals surface area contributed by atoms with Crippen LogP contribution in [0.5, 0.6) is 5.75 Å². The first-order valence-corrected chi connectivity index (χ1v) is 7.70. The Morgan fingerprint density at radius 2 is 2.17 bits per heavy atom. The third-order valence-electron chi connectivity index (χ3n) is 4.21. The van der Waals surface area contributed by atoms with Crippen molar-refractivity contribution in [1.82, 2.24) is 14.7 Å². The monoisotopic (exact) mass is 329 g/mol. The molecule has 0 aliphatic carbocycles. The fourth-order valence-corrected chi connectivity index (χ4v) is 3.02. The third kappa shape index (κ3) is 2.97. The number of benzene rings is 1. The van der Waals surface area contributed by atoms with Crippen molar-refractivity contribution >= 4 is 11.9 Å². The van der Waals surface area contributed by atoms with Gasteiger partial charge in [-0.1, -0.05) is 12.1 Å². The third-order valence-corrected chi connectivity index (χ3v) is 4.21. The van der Waals surface area contributed by atoms with Crippen molar-refractivity contribution in [1.29, 1.82) is 0 Å². The number of hydrogen-bond donors (Lipinski definition) is 1. The highest BCUT2D eigenvalue weighted by Crippen LogP contribution is 2.31. The number of aliphatic carboxylic acids is 1. The molecule has 1 amide bonds. The second kappa shape index (κ2) is 6.35. The molecule has 0 atom stereocenters. The molecule has 0 bridgehead atoms. The van der Waals surface area contributed by atoms with Crippen LogP contribution in [0.15, 0.2) is 24.3 Å². The Kier molecular flexibility index (Phi) is 4.24. The van der Waals surface area contributed by atoms with Gasteiger partial charge in [-0.3, -0.25) is 14.3 Å². The predicted octanol–water partition coefficient (Wildman–Crippen LogP) is 1.55. The Hall–Kier alpha value is -2.83. The normalized spacial score (nSPS) is 13.5. The van der Waals surface area contributed by atoms with Crippen molar-refractivity contribution in [3.63, 3.8) is 0 Å². The van der Waals surface area contributed by atoms with Crippen LogP contribution in [-0.2, 0) is 29.1 Å². The lowest BCUT2D eigenvalue weighted by molar-refractivity contribution is -0.138. The lowest BCUT2D eigenvalue weighted by Crippen LogP contribution is -2.35. The van der Waals surface area contributed by atoms with Gasteiger partial charge in [0, 0.05) is 43.3 Å². The Morgan fingerprint density at radius 3 is 2.83 bits per heavy atom. The number of carboxylic acids is 1. The molecule has 0 saturated heterocycles. The van der Waals surface area contributed by atoms with Crippen LogP contribution in [0.25, 0.3) is 11.3 Å². The summed E-state index contributed by atoms with van der Waals surface area (Å²) >= 11 is 0. The van der Waals surface area contributed by atoms with Gasteiger partial charge in [0.15, 0.2) is 0 Å². The Labute approximate surface area is 139 Å². The van der Waals surface area contributed by atoms with E-state index in [1.54, 1.807) is 12.0 Å². The molecule has 0 saturated carbocycles. The molecule has 1 aromatic heterocycles. The highest BCUT2D eigenvalue weighted by Gasteiger charge is 2.27. The molecular weight excluding hydrogens is 310 g/mol. The summed E-state index contributed by atoms with van der Waals surface area (Å²) in [5, 5.41) is 13.6. The molecular formula is C17H19N3O4. The van der Waals surface area contributed by atoms with Gasteiger partial charge < -0.3 is 14.7 Å². The molecule has 2 aromatic rings. The van der Waals surface area contributed by atoms with Gasteiger partial charge in [-0.25, -0.2) is 0 Å². The van der Waals surface area contributed by atoms with E-state index < -0.39 is 5.97 Å². The maximum atomic E-state index is 11.7. The average Bonchev–Trinajstić information content (AvgIpc) is 2.92. The number of carboxylic acid groups (broad SMARTS) is 1. The largest absolute Gasteiger partial charge is 0.497 e. The van der Waals surface area contributed by atoms with E-state index in [4.69, 9.17) is 9.84 Å². The smallest absolute Gasteiger partial charge is 0.325 e. The summed E-state index contributed by atoms with van der Waals surface area (Å²) in [5.41, 5.74) is 3.34. The maximum absolute atomic E-state index is 11.7. The summed E-state index contributed by atoms with van der Waals surface area (Å²) in [6.45, 7) is 2.37. The van der Waals surface area contributed by atoms with E-state index in [0.717, 1.165) is 16.8 Å². The summed E-state index contributed by atoms with van der Waals surface area (Å²) < 4.78 is 6.79. The minimum atomic E-state index is -0.938. The molecule has 2 heterocycles. The fraction of sp³-hybridized carbons (Fsp3) is 0.353. The molecule has 1 N–H and O–H groups in total. The minimum Gasteiger partial charge on any atom is -0.497 e. The second-order valence-electron chi connectivity index (χ2n) is 5.75. The molecule has 0 unspecified atom stereocenters. The molecule has 7 heteroatoms. The van der Waals surface area contributed by atoms with Crippen LogP contribution >= 0.6 is 0 Å². The molecule has 7 nitrogen and oxygen atoms in total.